The molecule has 0 bridgehead atoms. The number of benzene rings is 1. The molecule has 0 radical (unpaired) electrons. The molecular formula is C15H17N3O. The van der Waals surface area contributed by atoms with Gasteiger partial charge in [-0.3, -0.25) is 4.98 Å². The summed E-state index contributed by atoms with van der Waals surface area (Å²) in [4.78, 5) is 17.2. The van der Waals surface area contributed by atoms with Gasteiger partial charge in [-0.2, -0.15) is 0 Å². The van der Waals surface area contributed by atoms with Crippen LogP contribution in [-0.2, 0) is 6.54 Å². The molecule has 2 rings (SSSR count). The first-order valence-electron chi connectivity index (χ1n) is 6.12. The molecule has 0 unspecified atom stereocenters. The van der Waals surface area contributed by atoms with E-state index < -0.39 is 0 Å². The molecule has 0 saturated heterocycles. The van der Waals surface area contributed by atoms with Crippen molar-refractivity contribution >= 4 is 6.03 Å². The molecule has 0 aliphatic carbocycles. The number of hydrogen-bond donors (Lipinski definition) is 1. The van der Waals surface area contributed by atoms with Gasteiger partial charge >= 0.3 is 6.03 Å². The van der Waals surface area contributed by atoms with E-state index in [1.165, 1.54) is 4.90 Å². The molecule has 0 saturated carbocycles. The van der Waals surface area contributed by atoms with Crippen LogP contribution in [0, 0.1) is 0 Å². The normalized spacial score (nSPS) is 10.0. The van der Waals surface area contributed by atoms with Gasteiger partial charge in [-0.15, -0.1) is 0 Å². The van der Waals surface area contributed by atoms with E-state index in [0.29, 0.717) is 6.54 Å². The van der Waals surface area contributed by atoms with Gasteiger partial charge in [0.15, 0.2) is 0 Å². The summed E-state index contributed by atoms with van der Waals surface area (Å²) in [7, 11) is 3.44. The smallest absolute Gasteiger partial charge is 0.317 e. The molecular weight excluding hydrogens is 238 g/mol. The minimum absolute atomic E-state index is 0.0891. The van der Waals surface area contributed by atoms with Crippen LogP contribution in [-0.4, -0.2) is 30.0 Å². The zero-order valence-corrected chi connectivity index (χ0v) is 11.1. The summed E-state index contributed by atoms with van der Waals surface area (Å²) in [5, 5.41) is 2.83. The fourth-order valence-corrected chi connectivity index (χ4v) is 1.66. The lowest BCUT2D eigenvalue weighted by atomic mass is 10.1. The molecule has 0 spiro atoms. The highest BCUT2D eigenvalue weighted by molar-refractivity contribution is 5.73. The van der Waals surface area contributed by atoms with Crippen LogP contribution >= 0.6 is 0 Å². The summed E-state index contributed by atoms with van der Waals surface area (Å²) in [5.41, 5.74) is 3.09. The van der Waals surface area contributed by atoms with Gasteiger partial charge in [0.1, 0.15) is 0 Å². The summed E-state index contributed by atoms with van der Waals surface area (Å²) in [6.07, 6.45) is 1.78. The first-order chi connectivity index (χ1) is 9.16. The lowest BCUT2D eigenvalue weighted by Gasteiger charge is -2.12. The zero-order valence-electron chi connectivity index (χ0n) is 11.1. The van der Waals surface area contributed by atoms with E-state index >= 15 is 0 Å². The molecule has 1 heterocycles. The Labute approximate surface area is 113 Å². The van der Waals surface area contributed by atoms with Crippen LogP contribution in [0.1, 0.15) is 5.56 Å². The van der Waals surface area contributed by atoms with Gasteiger partial charge in [-0.1, -0.05) is 30.3 Å². The van der Waals surface area contributed by atoms with Crippen molar-refractivity contribution in [1.29, 1.82) is 0 Å². The van der Waals surface area contributed by atoms with Crippen LogP contribution in [0.4, 0.5) is 4.79 Å². The summed E-state index contributed by atoms with van der Waals surface area (Å²) in [5.74, 6) is 0. The number of rotatable bonds is 3. The molecule has 1 N–H and O–H groups in total. The number of nitrogens with zero attached hydrogens (tertiary/aromatic N) is 2. The predicted molar refractivity (Wildman–Crippen MR) is 75.6 cm³/mol. The predicted octanol–water partition coefficient (Wildman–Crippen LogP) is 2.52. The Morgan fingerprint density at radius 1 is 1.16 bits per heavy atom. The van der Waals surface area contributed by atoms with E-state index in [9.17, 15) is 4.79 Å². The van der Waals surface area contributed by atoms with Gasteiger partial charge in [0.2, 0.25) is 0 Å². The first kappa shape index (κ1) is 13.1. The lowest BCUT2D eigenvalue weighted by Crippen LogP contribution is -2.33. The molecule has 2 aromatic rings. The number of aromatic nitrogens is 1. The van der Waals surface area contributed by atoms with E-state index in [-0.39, 0.29) is 6.03 Å². The van der Waals surface area contributed by atoms with E-state index in [2.05, 4.69) is 10.3 Å². The molecule has 0 aliphatic heterocycles. The summed E-state index contributed by atoms with van der Waals surface area (Å²) in [6, 6.07) is 13.8. The van der Waals surface area contributed by atoms with Crippen LogP contribution < -0.4 is 5.32 Å². The van der Waals surface area contributed by atoms with E-state index in [1.54, 1.807) is 20.3 Å². The molecule has 0 atom stereocenters. The largest absolute Gasteiger partial charge is 0.334 e. The number of pyridine rings is 1. The van der Waals surface area contributed by atoms with Crippen molar-refractivity contribution in [2.45, 2.75) is 6.54 Å². The number of carbonyl (C=O) groups is 1. The molecule has 0 aliphatic rings. The molecule has 4 heteroatoms. The zero-order chi connectivity index (χ0) is 13.7. The Hall–Kier alpha value is -2.36. The number of amides is 2. The molecule has 1 aromatic carbocycles. The molecule has 19 heavy (non-hydrogen) atoms. The standard InChI is InChI=1S/C15H17N3O/c1-18(2)15(19)17-11-12-6-8-13(9-7-12)14-5-3-4-10-16-14/h3-10H,11H2,1-2H3,(H,17,19). The maximum absolute atomic E-state index is 11.4. The van der Waals surface area contributed by atoms with Crippen LogP contribution in [0.5, 0.6) is 0 Å². The Bertz CT molecular complexity index is 535. The van der Waals surface area contributed by atoms with Gasteiger partial charge in [0.05, 0.1) is 5.69 Å². The van der Waals surface area contributed by atoms with Gasteiger partial charge in [0, 0.05) is 32.4 Å². The van der Waals surface area contributed by atoms with E-state index in [0.717, 1.165) is 16.8 Å². The van der Waals surface area contributed by atoms with Crippen molar-refractivity contribution in [2.75, 3.05) is 14.1 Å². The van der Waals surface area contributed by atoms with Gasteiger partial charge < -0.3 is 10.2 Å². The first-order valence-corrected chi connectivity index (χ1v) is 6.12. The van der Waals surface area contributed by atoms with Gasteiger partial charge in [-0.25, -0.2) is 4.79 Å². The number of urea groups is 1. The van der Waals surface area contributed by atoms with Crippen molar-refractivity contribution in [1.82, 2.24) is 15.2 Å². The average molecular weight is 255 g/mol. The van der Waals surface area contributed by atoms with Crippen LogP contribution in [0.25, 0.3) is 11.3 Å². The molecule has 1 aromatic heterocycles. The number of nitrogens with one attached hydrogen (secondary N) is 1. The van der Waals surface area contributed by atoms with Crippen molar-refractivity contribution < 1.29 is 4.79 Å². The SMILES string of the molecule is CN(C)C(=O)NCc1ccc(-c2ccccn2)cc1. The van der Waals surface area contributed by atoms with Gasteiger partial charge in [-0.05, 0) is 17.7 Å². The Morgan fingerprint density at radius 2 is 1.89 bits per heavy atom. The second kappa shape index (κ2) is 6.00. The topological polar surface area (TPSA) is 45.2 Å². The van der Waals surface area contributed by atoms with E-state index in [4.69, 9.17) is 0 Å². The van der Waals surface area contributed by atoms with Crippen molar-refractivity contribution in [2.24, 2.45) is 0 Å². The highest BCUT2D eigenvalue weighted by Gasteiger charge is 2.03. The highest BCUT2D eigenvalue weighted by atomic mass is 16.2. The second-order valence-corrected chi connectivity index (χ2v) is 4.47. The Morgan fingerprint density at radius 3 is 2.47 bits per heavy atom. The number of hydrogen-bond acceptors (Lipinski definition) is 2. The summed E-state index contributed by atoms with van der Waals surface area (Å²) in [6.45, 7) is 0.527. The number of carbonyl (C=O) groups excluding carboxylic acids is 1. The third kappa shape index (κ3) is 3.55. The van der Waals surface area contributed by atoms with E-state index in [1.807, 2.05) is 42.5 Å². The quantitative estimate of drug-likeness (QED) is 0.916. The van der Waals surface area contributed by atoms with Gasteiger partial charge in [0.25, 0.3) is 0 Å². The average Bonchev–Trinajstić information content (AvgIpc) is 2.46. The maximum Gasteiger partial charge on any atom is 0.317 e. The highest BCUT2D eigenvalue weighted by Crippen LogP contribution is 2.16. The summed E-state index contributed by atoms with van der Waals surface area (Å²) < 4.78 is 0. The van der Waals surface area contributed by atoms with Crippen LogP contribution in [0.15, 0.2) is 48.7 Å². The van der Waals surface area contributed by atoms with Crippen molar-refractivity contribution in [3.8, 4) is 11.3 Å². The summed E-state index contributed by atoms with van der Waals surface area (Å²) >= 11 is 0. The minimum atomic E-state index is -0.0891. The second-order valence-electron chi connectivity index (χ2n) is 4.47. The fraction of sp³-hybridized carbons (Fsp3) is 0.200. The maximum atomic E-state index is 11.4. The molecule has 0 fully saturated rings. The monoisotopic (exact) mass is 255 g/mol. The molecule has 98 valence electrons. The van der Waals surface area contributed by atoms with Crippen LogP contribution in [0.3, 0.4) is 0 Å². The van der Waals surface area contributed by atoms with Crippen molar-refractivity contribution in [3.05, 3.63) is 54.2 Å². The third-order valence-corrected chi connectivity index (χ3v) is 2.76. The molecule has 4 nitrogen and oxygen atoms in total. The minimum Gasteiger partial charge on any atom is -0.334 e. The third-order valence-electron chi connectivity index (χ3n) is 2.76. The lowest BCUT2D eigenvalue weighted by molar-refractivity contribution is 0.217. The fourth-order valence-electron chi connectivity index (χ4n) is 1.66. The van der Waals surface area contributed by atoms with Crippen LogP contribution in [0.2, 0.25) is 0 Å². The Kier molecular flexibility index (Phi) is 4.13. The Balaban J connectivity index is 2.01. The van der Waals surface area contributed by atoms with Crippen molar-refractivity contribution in [3.63, 3.8) is 0 Å². The molecule has 2 amide bonds.